The van der Waals surface area contributed by atoms with E-state index in [9.17, 15) is 0 Å². The lowest BCUT2D eigenvalue weighted by Crippen LogP contribution is -2.42. The molecule has 0 saturated heterocycles. The van der Waals surface area contributed by atoms with E-state index in [4.69, 9.17) is 4.74 Å². The number of methoxy groups -OCH3 is 1. The number of ether oxygens (including phenoxy) is 1. The largest absolute Gasteiger partial charge is 0.380 e. The Kier molecular flexibility index (Phi) is 6.85. The molecule has 0 heterocycles. The van der Waals surface area contributed by atoms with Crippen LogP contribution >= 0.6 is 0 Å². The molecular formula is C12H25NO. The molecule has 0 aromatic rings. The Morgan fingerprint density at radius 3 is 2.29 bits per heavy atom. The Labute approximate surface area is 88.7 Å². The van der Waals surface area contributed by atoms with Gasteiger partial charge in [-0.25, -0.2) is 0 Å². The highest BCUT2D eigenvalue weighted by molar-refractivity contribution is 4.98. The van der Waals surface area contributed by atoms with Crippen LogP contribution in [0.3, 0.4) is 0 Å². The third-order valence-electron chi connectivity index (χ3n) is 2.71. The molecule has 0 spiro atoms. The Balaban J connectivity index is 4.28. The molecule has 0 fully saturated rings. The highest BCUT2D eigenvalue weighted by Crippen LogP contribution is 2.17. The lowest BCUT2D eigenvalue weighted by Gasteiger charge is -2.29. The molecule has 2 atom stereocenters. The Hall–Kier alpha value is -0.340. The van der Waals surface area contributed by atoms with Crippen molar-refractivity contribution in [3.05, 3.63) is 12.2 Å². The molecule has 14 heavy (non-hydrogen) atoms. The topological polar surface area (TPSA) is 21.3 Å². The van der Waals surface area contributed by atoms with Gasteiger partial charge < -0.3 is 10.1 Å². The van der Waals surface area contributed by atoms with Crippen LogP contribution in [0, 0.1) is 5.92 Å². The molecule has 2 unspecified atom stereocenters. The zero-order chi connectivity index (χ0) is 11.1. The minimum absolute atomic E-state index is 0.267. The second-order valence-electron chi connectivity index (χ2n) is 4.15. The van der Waals surface area contributed by atoms with E-state index in [-0.39, 0.29) is 6.10 Å². The lowest BCUT2D eigenvalue weighted by molar-refractivity contribution is 0.0353. The van der Waals surface area contributed by atoms with Crippen molar-refractivity contribution in [2.24, 2.45) is 5.92 Å². The third kappa shape index (κ3) is 4.25. The van der Waals surface area contributed by atoms with Crippen LogP contribution in [-0.2, 0) is 4.74 Å². The van der Waals surface area contributed by atoms with Gasteiger partial charge in [0.15, 0.2) is 0 Å². The average Bonchev–Trinajstić information content (AvgIpc) is 2.16. The van der Waals surface area contributed by atoms with Crippen LogP contribution in [-0.4, -0.2) is 26.3 Å². The molecule has 0 aliphatic carbocycles. The smallest absolute Gasteiger partial charge is 0.0750 e. The number of nitrogens with one attached hydrogen (secondary N) is 1. The van der Waals surface area contributed by atoms with Crippen LogP contribution in [0.1, 0.15) is 33.6 Å². The van der Waals surface area contributed by atoms with Gasteiger partial charge in [-0.1, -0.05) is 32.9 Å². The molecule has 2 nitrogen and oxygen atoms in total. The summed E-state index contributed by atoms with van der Waals surface area (Å²) in [5.74, 6) is 0.530. The van der Waals surface area contributed by atoms with Gasteiger partial charge in [0, 0.05) is 13.2 Å². The van der Waals surface area contributed by atoms with E-state index >= 15 is 0 Å². The predicted octanol–water partition coefficient (Wildman–Crippen LogP) is 2.60. The van der Waals surface area contributed by atoms with Gasteiger partial charge in [-0.3, -0.25) is 0 Å². The van der Waals surface area contributed by atoms with Gasteiger partial charge in [-0.05, 0) is 25.8 Å². The molecule has 0 bridgehead atoms. The van der Waals surface area contributed by atoms with Crippen molar-refractivity contribution in [1.29, 1.82) is 0 Å². The Bertz CT molecular complexity index is 166. The van der Waals surface area contributed by atoms with E-state index in [2.05, 4.69) is 32.7 Å². The number of hydrogen-bond donors (Lipinski definition) is 1. The summed E-state index contributed by atoms with van der Waals surface area (Å²) >= 11 is 0. The van der Waals surface area contributed by atoms with Gasteiger partial charge in [0.25, 0.3) is 0 Å². The van der Waals surface area contributed by atoms with Gasteiger partial charge in [0.1, 0.15) is 0 Å². The van der Waals surface area contributed by atoms with Crippen molar-refractivity contribution in [2.75, 3.05) is 14.2 Å². The maximum absolute atomic E-state index is 5.51. The van der Waals surface area contributed by atoms with Crippen LogP contribution < -0.4 is 5.32 Å². The molecule has 0 aromatic heterocycles. The van der Waals surface area contributed by atoms with Crippen LogP contribution in [0.4, 0.5) is 0 Å². The highest BCUT2D eigenvalue weighted by atomic mass is 16.5. The minimum Gasteiger partial charge on any atom is -0.380 e. The third-order valence-corrected chi connectivity index (χ3v) is 2.71. The van der Waals surface area contributed by atoms with E-state index in [0.717, 1.165) is 12.8 Å². The summed E-state index contributed by atoms with van der Waals surface area (Å²) in [6, 6.07) is 0.382. The second kappa shape index (κ2) is 7.02. The molecule has 0 aromatic carbocycles. The Morgan fingerprint density at radius 2 is 2.00 bits per heavy atom. The summed E-state index contributed by atoms with van der Waals surface area (Å²) in [6.07, 6.45) is 2.32. The fraction of sp³-hybridized carbons (Fsp3) is 0.833. The SMILES string of the molecule is C=C(CC)CC(NC)C(OC)C(C)C. The first kappa shape index (κ1) is 13.7. The molecule has 0 radical (unpaired) electrons. The fourth-order valence-electron chi connectivity index (χ4n) is 1.74. The molecule has 84 valence electrons. The average molecular weight is 199 g/mol. The minimum atomic E-state index is 0.267. The molecule has 2 heteroatoms. The van der Waals surface area contributed by atoms with Crippen LogP contribution in [0.25, 0.3) is 0 Å². The zero-order valence-electron chi connectivity index (χ0n) is 10.3. The predicted molar refractivity (Wildman–Crippen MR) is 62.5 cm³/mol. The maximum Gasteiger partial charge on any atom is 0.0750 e. The van der Waals surface area contributed by atoms with Gasteiger partial charge in [0.2, 0.25) is 0 Å². The van der Waals surface area contributed by atoms with E-state index in [1.807, 2.05) is 7.05 Å². The standard InChI is InChI=1S/C12H25NO/c1-7-10(4)8-11(13-5)12(14-6)9(2)3/h9,11-13H,4,7-8H2,1-3,5-6H3. The molecule has 0 rings (SSSR count). The van der Waals surface area contributed by atoms with Gasteiger partial charge in [-0.15, -0.1) is 0 Å². The van der Waals surface area contributed by atoms with E-state index in [1.165, 1.54) is 5.57 Å². The van der Waals surface area contributed by atoms with Gasteiger partial charge in [-0.2, -0.15) is 0 Å². The van der Waals surface area contributed by atoms with Crippen molar-refractivity contribution < 1.29 is 4.74 Å². The second-order valence-corrected chi connectivity index (χ2v) is 4.15. The normalized spacial score (nSPS) is 15.6. The Morgan fingerprint density at radius 1 is 1.43 bits per heavy atom. The lowest BCUT2D eigenvalue weighted by atomic mass is 9.94. The van der Waals surface area contributed by atoms with Crippen molar-refractivity contribution >= 4 is 0 Å². The van der Waals surface area contributed by atoms with E-state index < -0.39 is 0 Å². The molecule has 0 amide bonds. The molecule has 0 aliphatic rings. The number of likely N-dealkylation sites (N-methyl/N-ethyl adjacent to an activating group) is 1. The quantitative estimate of drug-likeness (QED) is 0.636. The first-order chi connectivity index (χ1) is 6.56. The summed E-state index contributed by atoms with van der Waals surface area (Å²) in [7, 11) is 3.77. The first-order valence-corrected chi connectivity index (χ1v) is 5.43. The number of rotatable bonds is 7. The molecule has 0 saturated carbocycles. The summed E-state index contributed by atoms with van der Waals surface area (Å²) in [5.41, 5.74) is 1.28. The summed E-state index contributed by atoms with van der Waals surface area (Å²) < 4.78 is 5.51. The van der Waals surface area contributed by atoms with Crippen molar-refractivity contribution in [1.82, 2.24) is 5.32 Å². The van der Waals surface area contributed by atoms with Crippen molar-refractivity contribution in [2.45, 2.75) is 45.8 Å². The van der Waals surface area contributed by atoms with E-state index in [0.29, 0.717) is 12.0 Å². The van der Waals surface area contributed by atoms with Gasteiger partial charge >= 0.3 is 0 Å². The zero-order valence-corrected chi connectivity index (χ0v) is 10.3. The van der Waals surface area contributed by atoms with Crippen LogP contribution in [0.5, 0.6) is 0 Å². The van der Waals surface area contributed by atoms with Gasteiger partial charge in [0.05, 0.1) is 6.10 Å². The fourth-order valence-corrected chi connectivity index (χ4v) is 1.74. The highest BCUT2D eigenvalue weighted by Gasteiger charge is 2.22. The molecular weight excluding hydrogens is 174 g/mol. The van der Waals surface area contributed by atoms with Crippen LogP contribution in [0.15, 0.2) is 12.2 Å². The molecule has 1 N–H and O–H groups in total. The maximum atomic E-state index is 5.51. The summed E-state index contributed by atoms with van der Waals surface area (Å²) in [4.78, 5) is 0. The van der Waals surface area contributed by atoms with E-state index in [1.54, 1.807) is 7.11 Å². The number of hydrogen-bond acceptors (Lipinski definition) is 2. The summed E-state index contributed by atoms with van der Waals surface area (Å²) in [5, 5.41) is 3.31. The monoisotopic (exact) mass is 199 g/mol. The van der Waals surface area contributed by atoms with Crippen molar-refractivity contribution in [3.8, 4) is 0 Å². The van der Waals surface area contributed by atoms with Crippen molar-refractivity contribution in [3.63, 3.8) is 0 Å². The summed E-state index contributed by atoms with van der Waals surface area (Å²) in [6.45, 7) is 10.6. The molecule has 0 aliphatic heterocycles. The first-order valence-electron chi connectivity index (χ1n) is 5.43. The van der Waals surface area contributed by atoms with Crippen LogP contribution in [0.2, 0.25) is 0 Å².